The predicted octanol–water partition coefficient (Wildman–Crippen LogP) is 6.81. The smallest absolute Gasteiger partial charge is 0.188 e. The molecule has 2 heterocycles. The topological polar surface area (TPSA) is 50.7 Å². The van der Waals surface area contributed by atoms with E-state index in [1.165, 1.54) is 36.1 Å². The summed E-state index contributed by atoms with van der Waals surface area (Å²) in [6, 6.07) is 21.3. The van der Waals surface area contributed by atoms with Crippen LogP contribution in [-0.4, -0.2) is 18.2 Å². The van der Waals surface area contributed by atoms with Crippen molar-refractivity contribution in [3.63, 3.8) is 0 Å². The fraction of sp³-hybridized carbons (Fsp3) is 0.515. The fourth-order valence-electron chi connectivity index (χ4n) is 8.94. The average molecular weight is 495 g/mol. The third-order valence-corrected chi connectivity index (χ3v) is 11.0. The van der Waals surface area contributed by atoms with Crippen LogP contribution in [0.1, 0.15) is 75.6 Å². The minimum atomic E-state index is -0.0691. The van der Waals surface area contributed by atoms with E-state index < -0.39 is 0 Å². The zero-order chi connectivity index (χ0) is 25.2. The molecule has 2 aliphatic heterocycles. The molecule has 8 atom stereocenters. The van der Waals surface area contributed by atoms with Gasteiger partial charge in [-0.05, 0) is 66.4 Å². The number of nitrogens with zero attached hydrogens (tertiary/aromatic N) is 1. The Bertz CT molecular complexity index is 1250. The molecule has 1 saturated heterocycles. The van der Waals surface area contributed by atoms with E-state index in [1.807, 2.05) is 6.08 Å². The second-order valence-corrected chi connectivity index (χ2v) is 12.6. The Hall–Kier alpha value is -2.88. The van der Waals surface area contributed by atoms with Crippen molar-refractivity contribution in [3.05, 3.63) is 83.6 Å². The molecule has 3 unspecified atom stereocenters. The number of rotatable bonds is 3. The molecule has 0 bridgehead atoms. The zero-order valence-corrected chi connectivity index (χ0v) is 22.0. The van der Waals surface area contributed by atoms with E-state index in [1.54, 1.807) is 0 Å². The highest BCUT2D eigenvalue weighted by atomic mass is 16.5. The van der Waals surface area contributed by atoms with Crippen molar-refractivity contribution in [2.24, 2.45) is 39.5 Å². The van der Waals surface area contributed by atoms with Crippen molar-refractivity contribution in [2.75, 3.05) is 6.54 Å². The van der Waals surface area contributed by atoms with Crippen molar-refractivity contribution >= 4 is 11.7 Å². The Balaban J connectivity index is 1.19. The standard InChI is InChI=1S/C33H38N2O2/c1-32-18-16-26-24(20-34-28-19-23(36)15-17-33(26,28)2)25(32)13-14-27(32)31-35-29(21-9-5-3-6-10-21)30(37-31)22-11-7-4-8-12-22/h3-12,19,24-27,29-30,34H,13-18,20H2,1-2H3/t24?,25?,26?,27-,29-,30-,32+,33-/m1/s1. The molecule has 7 rings (SSSR count). The summed E-state index contributed by atoms with van der Waals surface area (Å²) < 4.78 is 6.85. The lowest BCUT2D eigenvalue weighted by Crippen LogP contribution is -2.57. The Morgan fingerprint density at radius 1 is 0.892 bits per heavy atom. The molecule has 4 heteroatoms. The third-order valence-electron chi connectivity index (χ3n) is 11.0. The number of ether oxygens (including phenoxy) is 1. The lowest BCUT2D eigenvalue weighted by Gasteiger charge is -2.58. The predicted molar refractivity (Wildman–Crippen MR) is 146 cm³/mol. The van der Waals surface area contributed by atoms with Crippen LogP contribution in [0.15, 0.2) is 77.4 Å². The highest BCUT2D eigenvalue weighted by Gasteiger charge is 2.61. The number of carbonyl (C=O) groups is 1. The van der Waals surface area contributed by atoms with Gasteiger partial charge in [0.1, 0.15) is 6.04 Å². The molecule has 192 valence electrons. The molecule has 2 aromatic carbocycles. The molecule has 5 aliphatic rings. The fourth-order valence-corrected chi connectivity index (χ4v) is 8.94. The van der Waals surface area contributed by atoms with Gasteiger partial charge in [0.25, 0.3) is 0 Å². The first-order valence-electron chi connectivity index (χ1n) is 14.3. The Morgan fingerprint density at radius 3 is 2.38 bits per heavy atom. The molecule has 0 spiro atoms. The summed E-state index contributed by atoms with van der Waals surface area (Å²) in [7, 11) is 0. The summed E-state index contributed by atoms with van der Waals surface area (Å²) in [5, 5.41) is 3.74. The monoisotopic (exact) mass is 494 g/mol. The normalized spacial score (nSPS) is 40.4. The Labute approximate surface area is 220 Å². The first-order valence-corrected chi connectivity index (χ1v) is 14.3. The van der Waals surface area contributed by atoms with Crippen molar-refractivity contribution < 1.29 is 9.53 Å². The minimum absolute atomic E-state index is 0.000295. The minimum Gasteiger partial charge on any atom is -0.470 e. The Morgan fingerprint density at radius 2 is 1.62 bits per heavy atom. The van der Waals surface area contributed by atoms with Gasteiger partial charge in [0.15, 0.2) is 17.8 Å². The van der Waals surface area contributed by atoms with Gasteiger partial charge in [0.2, 0.25) is 0 Å². The number of hydrogen-bond acceptors (Lipinski definition) is 4. The van der Waals surface area contributed by atoms with Gasteiger partial charge in [-0.25, -0.2) is 4.99 Å². The average Bonchev–Trinajstić information content (AvgIpc) is 3.51. The maximum atomic E-state index is 12.2. The molecule has 0 aromatic heterocycles. The van der Waals surface area contributed by atoms with E-state index in [2.05, 4.69) is 79.8 Å². The Kier molecular flexibility index (Phi) is 5.39. The van der Waals surface area contributed by atoms with Crippen molar-refractivity contribution in [1.29, 1.82) is 0 Å². The maximum Gasteiger partial charge on any atom is 0.188 e. The van der Waals surface area contributed by atoms with Gasteiger partial charge in [-0.15, -0.1) is 0 Å². The number of benzene rings is 2. The lowest BCUT2D eigenvalue weighted by molar-refractivity contribution is -0.117. The molecule has 37 heavy (non-hydrogen) atoms. The van der Waals surface area contributed by atoms with Crippen LogP contribution in [0, 0.1) is 34.5 Å². The molecule has 0 amide bonds. The van der Waals surface area contributed by atoms with E-state index >= 15 is 0 Å². The van der Waals surface area contributed by atoms with Crippen molar-refractivity contribution in [1.82, 2.24) is 5.32 Å². The first kappa shape index (κ1) is 23.3. The van der Waals surface area contributed by atoms with Crippen LogP contribution < -0.4 is 5.32 Å². The summed E-state index contributed by atoms with van der Waals surface area (Å²) in [5.41, 5.74) is 3.97. The van der Waals surface area contributed by atoms with Gasteiger partial charge < -0.3 is 10.1 Å². The lowest BCUT2D eigenvalue weighted by atomic mass is 9.50. The largest absolute Gasteiger partial charge is 0.470 e. The van der Waals surface area contributed by atoms with Crippen LogP contribution in [0.4, 0.5) is 0 Å². The number of nitrogens with one attached hydrogen (secondary N) is 1. The number of hydrogen-bond donors (Lipinski definition) is 1. The molecule has 4 nitrogen and oxygen atoms in total. The SMILES string of the molecule is C[C@]12CCC(=O)C=C1NCC1C2CC[C@@]2(C)C1CC[C@@H]2C1=N[C@H](c2ccccc2)[C@@H](c2ccccc2)O1. The molecule has 1 N–H and O–H groups in total. The number of allylic oxidation sites excluding steroid dienone is 2. The van der Waals surface area contributed by atoms with Gasteiger partial charge >= 0.3 is 0 Å². The molecular formula is C33H38N2O2. The number of piperidine rings is 1. The van der Waals surface area contributed by atoms with E-state index in [-0.39, 0.29) is 28.8 Å². The van der Waals surface area contributed by atoms with Crippen LogP contribution in [0.2, 0.25) is 0 Å². The zero-order valence-electron chi connectivity index (χ0n) is 22.0. The second kappa shape index (κ2) is 8.58. The number of carbonyl (C=O) groups excluding carboxylic acids is 1. The van der Waals surface area contributed by atoms with Gasteiger partial charge in [-0.1, -0.05) is 74.5 Å². The van der Waals surface area contributed by atoms with Gasteiger partial charge in [0, 0.05) is 36.1 Å². The molecule has 3 aliphatic carbocycles. The summed E-state index contributed by atoms with van der Waals surface area (Å²) in [6.45, 7) is 5.95. The molecule has 3 fully saturated rings. The highest BCUT2D eigenvalue weighted by Crippen LogP contribution is 2.65. The molecule has 0 radical (unpaired) electrons. The molecule has 2 aromatic rings. The number of fused-ring (bicyclic) bond motifs is 5. The highest BCUT2D eigenvalue weighted by molar-refractivity contribution is 5.91. The number of ketones is 1. The first-order chi connectivity index (χ1) is 18.0. The summed E-state index contributed by atoms with van der Waals surface area (Å²) >= 11 is 0. The maximum absolute atomic E-state index is 12.2. The summed E-state index contributed by atoms with van der Waals surface area (Å²) in [6.07, 6.45) is 8.38. The quantitative estimate of drug-likeness (QED) is 0.510. The van der Waals surface area contributed by atoms with E-state index in [4.69, 9.17) is 9.73 Å². The van der Waals surface area contributed by atoms with Crippen LogP contribution in [-0.2, 0) is 9.53 Å². The van der Waals surface area contributed by atoms with Crippen molar-refractivity contribution in [2.45, 2.75) is 64.5 Å². The van der Waals surface area contributed by atoms with E-state index in [9.17, 15) is 4.79 Å². The van der Waals surface area contributed by atoms with Gasteiger partial charge in [-0.2, -0.15) is 0 Å². The van der Waals surface area contributed by atoms with Crippen LogP contribution >= 0.6 is 0 Å². The summed E-state index contributed by atoms with van der Waals surface area (Å²) in [5.74, 6) is 3.62. The van der Waals surface area contributed by atoms with Gasteiger partial charge in [0.05, 0.1) is 0 Å². The second-order valence-electron chi connectivity index (χ2n) is 12.6. The van der Waals surface area contributed by atoms with Crippen LogP contribution in [0.5, 0.6) is 0 Å². The molecular weight excluding hydrogens is 456 g/mol. The van der Waals surface area contributed by atoms with Crippen LogP contribution in [0.25, 0.3) is 0 Å². The van der Waals surface area contributed by atoms with E-state index in [0.717, 1.165) is 25.3 Å². The number of aliphatic imine (C=N–C) groups is 1. The van der Waals surface area contributed by atoms with E-state index in [0.29, 0.717) is 30.1 Å². The van der Waals surface area contributed by atoms with Crippen molar-refractivity contribution in [3.8, 4) is 0 Å². The molecule has 2 saturated carbocycles. The third kappa shape index (κ3) is 3.55. The summed E-state index contributed by atoms with van der Waals surface area (Å²) in [4.78, 5) is 17.5. The van der Waals surface area contributed by atoms with Crippen LogP contribution in [0.3, 0.4) is 0 Å². The van der Waals surface area contributed by atoms with Gasteiger partial charge in [-0.3, -0.25) is 4.79 Å².